The third-order valence-electron chi connectivity index (χ3n) is 4.26. The van der Waals surface area contributed by atoms with Crippen molar-refractivity contribution in [2.45, 2.75) is 52.0 Å². The first-order valence-electron chi connectivity index (χ1n) is 7.16. The molecule has 1 N–H and O–H groups in total. The first-order valence-corrected chi connectivity index (χ1v) is 7.16. The average molecular weight is 261 g/mol. The molecule has 0 bridgehead atoms. The van der Waals surface area contributed by atoms with E-state index in [-0.39, 0.29) is 11.0 Å². The minimum Gasteiger partial charge on any atom is -0.496 e. The Hall–Kier alpha value is -1.02. The highest BCUT2D eigenvalue weighted by molar-refractivity contribution is 5.46. The highest BCUT2D eigenvalue weighted by Crippen LogP contribution is 2.56. The summed E-state index contributed by atoms with van der Waals surface area (Å²) in [6, 6.07) is 6.51. The summed E-state index contributed by atoms with van der Waals surface area (Å²) in [4.78, 5) is 0. The normalized spacial score (nSPS) is 26.3. The van der Waals surface area contributed by atoms with Crippen LogP contribution < -0.4 is 10.1 Å². The van der Waals surface area contributed by atoms with Crippen LogP contribution in [0.25, 0.3) is 0 Å². The highest BCUT2D eigenvalue weighted by atomic mass is 16.5. The summed E-state index contributed by atoms with van der Waals surface area (Å²) >= 11 is 0. The minimum atomic E-state index is 0.195. The Balaban J connectivity index is 2.13. The zero-order valence-corrected chi connectivity index (χ0v) is 13.1. The maximum Gasteiger partial charge on any atom is 0.122 e. The van der Waals surface area contributed by atoms with Crippen LogP contribution in [0.1, 0.15) is 45.2 Å². The quantitative estimate of drug-likeness (QED) is 0.893. The van der Waals surface area contributed by atoms with Crippen molar-refractivity contribution in [2.24, 2.45) is 5.92 Å². The summed E-state index contributed by atoms with van der Waals surface area (Å²) in [6.07, 6.45) is 1.25. The standard InChI is InChI=1S/C17H27NO/c1-12-7-8-15(19-6)14(9-12)17(5)10-13(17)11-18-16(2,3)4/h7-9,13,18H,10-11H2,1-6H3. The molecule has 1 aromatic carbocycles. The molecule has 106 valence electrons. The Bertz CT molecular complexity index is 461. The molecule has 2 atom stereocenters. The number of aryl methyl sites for hydroxylation is 1. The summed E-state index contributed by atoms with van der Waals surface area (Å²) in [5.41, 5.74) is 3.15. The molecular formula is C17H27NO. The lowest BCUT2D eigenvalue weighted by Crippen LogP contribution is -2.37. The van der Waals surface area contributed by atoms with Crippen LogP contribution in [-0.2, 0) is 5.41 Å². The van der Waals surface area contributed by atoms with Crippen LogP contribution in [0.5, 0.6) is 5.75 Å². The third-order valence-corrected chi connectivity index (χ3v) is 4.26. The Morgan fingerprint density at radius 2 is 2.05 bits per heavy atom. The molecule has 1 saturated carbocycles. The second-order valence-electron chi connectivity index (χ2n) is 7.15. The van der Waals surface area contributed by atoms with Gasteiger partial charge in [-0.15, -0.1) is 0 Å². The minimum absolute atomic E-state index is 0.195. The van der Waals surface area contributed by atoms with Crippen molar-refractivity contribution in [3.63, 3.8) is 0 Å². The van der Waals surface area contributed by atoms with Gasteiger partial charge in [0.05, 0.1) is 7.11 Å². The molecule has 0 radical (unpaired) electrons. The molecule has 1 aliphatic rings. The molecule has 0 saturated heterocycles. The molecule has 0 heterocycles. The SMILES string of the molecule is COc1ccc(C)cc1C1(C)CC1CNC(C)(C)C. The van der Waals surface area contributed by atoms with Gasteiger partial charge in [-0.2, -0.15) is 0 Å². The highest BCUT2D eigenvalue weighted by Gasteiger charge is 2.52. The molecule has 0 aliphatic heterocycles. The lowest BCUT2D eigenvalue weighted by atomic mass is 9.92. The van der Waals surface area contributed by atoms with Crippen molar-refractivity contribution >= 4 is 0 Å². The van der Waals surface area contributed by atoms with E-state index in [9.17, 15) is 0 Å². The summed E-state index contributed by atoms with van der Waals surface area (Å²) < 4.78 is 5.54. The molecule has 2 nitrogen and oxygen atoms in total. The zero-order chi connectivity index (χ0) is 14.3. The van der Waals surface area contributed by atoms with E-state index >= 15 is 0 Å². The molecule has 19 heavy (non-hydrogen) atoms. The molecule has 1 aliphatic carbocycles. The van der Waals surface area contributed by atoms with E-state index in [4.69, 9.17) is 4.74 Å². The second-order valence-corrected chi connectivity index (χ2v) is 7.15. The average Bonchev–Trinajstić information content (AvgIpc) is 2.98. The fourth-order valence-electron chi connectivity index (χ4n) is 2.78. The maximum atomic E-state index is 5.54. The van der Waals surface area contributed by atoms with Crippen molar-refractivity contribution in [2.75, 3.05) is 13.7 Å². The van der Waals surface area contributed by atoms with Crippen molar-refractivity contribution < 1.29 is 4.74 Å². The van der Waals surface area contributed by atoms with E-state index in [0.29, 0.717) is 5.92 Å². The summed E-state index contributed by atoms with van der Waals surface area (Å²) in [5.74, 6) is 1.74. The first-order chi connectivity index (χ1) is 8.76. The van der Waals surface area contributed by atoms with Crippen LogP contribution in [0.4, 0.5) is 0 Å². The lowest BCUT2D eigenvalue weighted by molar-refractivity contribution is 0.392. The predicted octanol–water partition coefficient (Wildman–Crippen LogP) is 3.67. The van der Waals surface area contributed by atoms with Gasteiger partial charge in [0, 0.05) is 16.5 Å². The number of nitrogens with one attached hydrogen (secondary N) is 1. The number of rotatable bonds is 4. The van der Waals surface area contributed by atoms with Crippen LogP contribution in [0, 0.1) is 12.8 Å². The van der Waals surface area contributed by atoms with Crippen LogP contribution in [0.15, 0.2) is 18.2 Å². The van der Waals surface area contributed by atoms with Gasteiger partial charge >= 0.3 is 0 Å². The van der Waals surface area contributed by atoms with Gasteiger partial charge in [0.1, 0.15) is 5.75 Å². The fraction of sp³-hybridized carbons (Fsp3) is 0.647. The molecule has 0 amide bonds. The Kier molecular flexibility index (Phi) is 3.65. The number of hydrogen-bond donors (Lipinski definition) is 1. The van der Waals surface area contributed by atoms with E-state index < -0.39 is 0 Å². The number of methoxy groups -OCH3 is 1. The molecule has 0 spiro atoms. The predicted molar refractivity (Wildman–Crippen MR) is 80.9 cm³/mol. The van der Waals surface area contributed by atoms with E-state index in [1.54, 1.807) is 7.11 Å². The smallest absolute Gasteiger partial charge is 0.122 e. The van der Waals surface area contributed by atoms with E-state index in [1.807, 2.05) is 0 Å². The Morgan fingerprint density at radius 1 is 1.37 bits per heavy atom. The van der Waals surface area contributed by atoms with Gasteiger partial charge in [-0.3, -0.25) is 0 Å². The monoisotopic (exact) mass is 261 g/mol. The van der Waals surface area contributed by atoms with Crippen molar-refractivity contribution in [3.05, 3.63) is 29.3 Å². The van der Waals surface area contributed by atoms with Crippen LogP contribution in [0.3, 0.4) is 0 Å². The lowest BCUT2D eigenvalue weighted by Gasteiger charge is -2.22. The molecule has 1 aromatic rings. The van der Waals surface area contributed by atoms with Crippen molar-refractivity contribution in [3.8, 4) is 5.75 Å². The van der Waals surface area contributed by atoms with Crippen LogP contribution >= 0.6 is 0 Å². The van der Waals surface area contributed by atoms with E-state index in [1.165, 1.54) is 17.5 Å². The first kappa shape index (κ1) is 14.4. The molecule has 1 fully saturated rings. The Morgan fingerprint density at radius 3 is 2.63 bits per heavy atom. The van der Waals surface area contributed by atoms with Crippen molar-refractivity contribution in [1.29, 1.82) is 0 Å². The largest absolute Gasteiger partial charge is 0.496 e. The molecule has 0 aromatic heterocycles. The van der Waals surface area contributed by atoms with E-state index in [2.05, 4.69) is 58.1 Å². The van der Waals surface area contributed by atoms with Gasteiger partial charge in [-0.05, 0) is 52.6 Å². The number of hydrogen-bond acceptors (Lipinski definition) is 2. The van der Waals surface area contributed by atoms with Crippen molar-refractivity contribution in [1.82, 2.24) is 5.32 Å². The number of benzene rings is 1. The second kappa shape index (κ2) is 4.82. The van der Waals surface area contributed by atoms with Gasteiger partial charge < -0.3 is 10.1 Å². The summed E-state index contributed by atoms with van der Waals surface area (Å²) in [7, 11) is 1.77. The molecular weight excluding hydrogens is 234 g/mol. The van der Waals surface area contributed by atoms with Crippen LogP contribution in [0.2, 0.25) is 0 Å². The van der Waals surface area contributed by atoms with E-state index in [0.717, 1.165) is 12.3 Å². The topological polar surface area (TPSA) is 21.3 Å². The van der Waals surface area contributed by atoms with Gasteiger partial charge in [0.15, 0.2) is 0 Å². The number of ether oxygens (including phenoxy) is 1. The van der Waals surface area contributed by atoms with Gasteiger partial charge in [-0.25, -0.2) is 0 Å². The fourth-order valence-corrected chi connectivity index (χ4v) is 2.78. The maximum absolute atomic E-state index is 5.54. The van der Waals surface area contributed by atoms with Gasteiger partial charge in [-0.1, -0.05) is 24.6 Å². The van der Waals surface area contributed by atoms with Gasteiger partial charge in [0.25, 0.3) is 0 Å². The van der Waals surface area contributed by atoms with Crippen LogP contribution in [-0.4, -0.2) is 19.2 Å². The summed E-state index contributed by atoms with van der Waals surface area (Å²) in [6.45, 7) is 12.3. The van der Waals surface area contributed by atoms with Gasteiger partial charge in [0.2, 0.25) is 0 Å². The molecule has 2 heteroatoms. The summed E-state index contributed by atoms with van der Waals surface area (Å²) in [5, 5.41) is 3.62. The Labute approximate surface area is 117 Å². The molecule has 2 unspecified atom stereocenters. The zero-order valence-electron chi connectivity index (χ0n) is 13.1. The molecule has 2 rings (SSSR count). The third kappa shape index (κ3) is 3.11.